The summed E-state index contributed by atoms with van der Waals surface area (Å²) in [5, 5.41) is 0. The molecule has 0 saturated heterocycles. The van der Waals surface area contributed by atoms with E-state index in [-0.39, 0.29) is 24.0 Å². The van der Waals surface area contributed by atoms with Crippen LogP contribution in [0.15, 0.2) is 34.9 Å². The third-order valence-corrected chi connectivity index (χ3v) is 2.82. The molecule has 1 aromatic heterocycles. The average Bonchev–Trinajstić information content (AvgIpc) is 2.68. The number of allylic oxidation sites excluding steroid dienone is 1. The van der Waals surface area contributed by atoms with Crippen molar-refractivity contribution in [3.63, 3.8) is 0 Å². The van der Waals surface area contributed by atoms with Crippen LogP contribution in [0.2, 0.25) is 0 Å². The zero-order valence-electron chi connectivity index (χ0n) is 11.0. The van der Waals surface area contributed by atoms with E-state index in [0.29, 0.717) is 12.1 Å². The molecule has 19 heavy (non-hydrogen) atoms. The van der Waals surface area contributed by atoms with E-state index in [2.05, 4.69) is 11.6 Å². The molecular formula is C13H16FN3O2. The van der Waals surface area contributed by atoms with Gasteiger partial charge in [-0.1, -0.05) is 6.58 Å². The van der Waals surface area contributed by atoms with E-state index in [1.165, 1.54) is 13.0 Å². The first kappa shape index (κ1) is 13.3. The van der Waals surface area contributed by atoms with Crippen molar-refractivity contribution in [2.45, 2.75) is 13.5 Å². The normalized spacial score (nSPS) is 14.5. The molecule has 6 heteroatoms. The number of ether oxygens (including phenoxy) is 1. The van der Waals surface area contributed by atoms with Crippen LogP contribution in [-0.2, 0) is 6.54 Å². The number of aromatic nitrogens is 2. The van der Waals surface area contributed by atoms with Crippen molar-refractivity contribution >= 4 is 5.82 Å². The van der Waals surface area contributed by atoms with Crippen molar-refractivity contribution in [2.24, 2.45) is 0 Å². The summed E-state index contributed by atoms with van der Waals surface area (Å²) in [6.45, 7) is 6.50. The number of hydrogen-bond donors (Lipinski definition) is 0. The summed E-state index contributed by atoms with van der Waals surface area (Å²) in [5.74, 6) is 0.671. The highest BCUT2D eigenvalue weighted by atomic mass is 19.1. The van der Waals surface area contributed by atoms with Crippen LogP contribution in [-0.4, -0.2) is 29.8 Å². The van der Waals surface area contributed by atoms with E-state index in [4.69, 9.17) is 4.74 Å². The van der Waals surface area contributed by atoms with E-state index in [0.717, 1.165) is 12.4 Å². The fraction of sp³-hybridized carbons (Fsp3) is 0.385. The van der Waals surface area contributed by atoms with Gasteiger partial charge in [0.2, 0.25) is 5.88 Å². The first-order valence-corrected chi connectivity index (χ1v) is 5.95. The Morgan fingerprint density at radius 2 is 2.37 bits per heavy atom. The standard InChI is InChI=1S/C13H16FN3O2/c1-9(6-10(2)14)8-19-11-7-12-16(3)4-5-17(12)13(18)15-11/h6-7H,1,4-5,8H2,2-3H3/b10-6+. The monoisotopic (exact) mass is 265 g/mol. The molecule has 0 N–H and O–H groups in total. The number of fused-ring (bicyclic) bond motifs is 1. The van der Waals surface area contributed by atoms with Crippen molar-refractivity contribution in [1.82, 2.24) is 9.55 Å². The average molecular weight is 265 g/mol. The molecule has 2 rings (SSSR count). The Bertz CT molecular complexity index is 588. The summed E-state index contributed by atoms with van der Waals surface area (Å²) < 4.78 is 19.6. The minimum Gasteiger partial charge on any atom is -0.473 e. The highest BCUT2D eigenvalue weighted by molar-refractivity contribution is 5.44. The van der Waals surface area contributed by atoms with Gasteiger partial charge in [0, 0.05) is 26.2 Å². The van der Waals surface area contributed by atoms with Crippen LogP contribution in [0.4, 0.5) is 10.2 Å². The van der Waals surface area contributed by atoms with E-state index in [1.807, 2.05) is 11.9 Å². The maximum absolute atomic E-state index is 12.6. The molecule has 0 aromatic carbocycles. The SMILES string of the molecule is C=C(/C=C(\C)F)COc1cc2n(c(=O)n1)CCN2C. The van der Waals surface area contributed by atoms with E-state index < -0.39 is 0 Å². The van der Waals surface area contributed by atoms with E-state index in [1.54, 1.807) is 10.6 Å². The van der Waals surface area contributed by atoms with E-state index >= 15 is 0 Å². The lowest BCUT2D eigenvalue weighted by molar-refractivity contribution is 0.338. The van der Waals surface area contributed by atoms with Gasteiger partial charge < -0.3 is 9.64 Å². The van der Waals surface area contributed by atoms with Crippen LogP contribution in [0.1, 0.15) is 6.92 Å². The van der Waals surface area contributed by atoms with Crippen LogP contribution >= 0.6 is 0 Å². The molecule has 0 amide bonds. The molecule has 0 atom stereocenters. The first-order valence-electron chi connectivity index (χ1n) is 5.95. The predicted molar refractivity (Wildman–Crippen MR) is 71.3 cm³/mol. The largest absolute Gasteiger partial charge is 0.473 e. The Morgan fingerprint density at radius 1 is 1.63 bits per heavy atom. The Kier molecular flexibility index (Phi) is 3.69. The first-order chi connectivity index (χ1) is 8.97. The summed E-state index contributed by atoms with van der Waals surface area (Å²) in [7, 11) is 1.90. The molecule has 0 bridgehead atoms. The maximum Gasteiger partial charge on any atom is 0.352 e. The maximum atomic E-state index is 12.6. The molecule has 1 aliphatic heterocycles. The molecule has 2 heterocycles. The number of hydrogen-bond acceptors (Lipinski definition) is 4. The summed E-state index contributed by atoms with van der Waals surface area (Å²) >= 11 is 0. The Balaban J connectivity index is 2.13. The van der Waals surface area contributed by atoms with Gasteiger partial charge in [-0.25, -0.2) is 9.18 Å². The van der Waals surface area contributed by atoms with Gasteiger partial charge in [-0.3, -0.25) is 4.57 Å². The van der Waals surface area contributed by atoms with Crippen molar-refractivity contribution in [2.75, 3.05) is 25.1 Å². The lowest BCUT2D eigenvalue weighted by atomic mass is 10.3. The van der Waals surface area contributed by atoms with Crippen LogP contribution in [0.3, 0.4) is 0 Å². The molecule has 1 aliphatic rings. The number of rotatable bonds is 4. The fourth-order valence-corrected chi connectivity index (χ4v) is 1.93. The zero-order valence-corrected chi connectivity index (χ0v) is 11.0. The Morgan fingerprint density at radius 3 is 3.05 bits per heavy atom. The van der Waals surface area contributed by atoms with E-state index in [9.17, 15) is 9.18 Å². The molecule has 0 aliphatic carbocycles. The van der Waals surface area contributed by atoms with Gasteiger partial charge in [-0.05, 0) is 18.6 Å². The second kappa shape index (κ2) is 5.26. The zero-order chi connectivity index (χ0) is 14.0. The van der Waals surface area contributed by atoms with Crippen LogP contribution in [0, 0.1) is 0 Å². The predicted octanol–water partition coefficient (Wildman–Crippen LogP) is 1.50. The Labute approximate surface area is 110 Å². The van der Waals surface area contributed by atoms with Crippen LogP contribution in [0.25, 0.3) is 0 Å². The molecule has 0 saturated carbocycles. The number of nitrogens with zero attached hydrogens (tertiary/aromatic N) is 3. The highest BCUT2D eigenvalue weighted by Gasteiger charge is 2.18. The number of likely N-dealkylation sites (N-methyl/N-ethyl adjacent to an activating group) is 1. The lowest BCUT2D eigenvalue weighted by Gasteiger charge is -2.12. The van der Waals surface area contributed by atoms with Gasteiger partial charge in [0.25, 0.3) is 0 Å². The van der Waals surface area contributed by atoms with Crippen LogP contribution < -0.4 is 15.3 Å². The molecule has 0 radical (unpaired) electrons. The summed E-state index contributed by atoms with van der Waals surface area (Å²) in [6.07, 6.45) is 1.28. The summed E-state index contributed by atoms with van der Waals surface area (Å²) in [5.41, 5.74) is 0.149. The summed E-state index contributed by atoms with van der Waals surface area (Å²) in [6, 6.07) is 1.70. The summed E-state index contributed by atoms with van der Waals surface area (Å²) in [4.78, 5) is 17.5. The molecule has 102 valence electrons. The lowest BCUT2D eigenvalue weighted by Crippen LogP contribution is -2.22. The Hall–Kier alpha value is -2.11. The second-order valence-corrected chi connectivity index (χ2v) is 4.49. The molecule has 5 nitrogen and oxygen atoms in total. The smallest absolute Gasteiger partial charge is 0.352 e. The van der Waals surface area contributed by atoms with Crippen molar-refractivity contribution in [3.05, 3.63) is 40.6 Å². The fourth-order valence-electron chi connectivity index (χ4n) is 1.93. The van der Waals surface area contributed by atoms with Crippen molar-refractivity contribution < 1.29 is 9.13 Å². The van der Waals surface area contributed by atoms with Crippen LogP contribution in [0.5, 0.6) is 5.88 Å². The minimum absolute atomic E-state index is 0.0981. The third kappa shape index (κ3) is 3.01. The molecule has 0 spiro atoms. The number of halogens is 1. The van der Waals surface area contributed by atoms with Gasteiger partial charge in [0.1, 0.15) is 12.4 Å². The molecule has 1 aromatic rings. The minimum atomic E-state index is -0.338. The molecular weight excluding hydrogens is 249 g/mol. The quantitative estimate of drug-likeness (QED) is 0.774. The number of anilines is 1. The van der Waals surface area contributed by atoms with Gasteiger partial charge in [0.15, 0.2) is 0 Å². The highest BCUT2D eigenvalue weighted by Crippen LogP contribution is 2.20. The third-order valence-electron chi connectivity index (χ3n) is 2.82. The topological polar surface area (TPSA) is 47.4 Å². The van der Waals surface area contributed by atoms with Gasteiger partial charge >= 0.3 is 5.69 Å². The van der Waals surface area contributed by atoms with Gasteiger partial charge in [-0.2, -0.15) is 4.98 Å². The van der Waals surface area contributed by atoms with Crippen molar-refractivity contribution in [1.29, 1.82) is 0 Å². The van der Waals surface area contributed by atoms with Crippen molar-refractivity contribution in [3.8, 4) is 5.88 Å². The molecule has 0 fully saturated rings. The second-order valence-electron chi connectivity index (χ2n) is 4.49. The van der Waals surface area contributed by atoms with Gasteiger partial charge in [0.05, 0.1) is 5.83 Å². The van der Waals surface area contributed by atoms with Gasteiger partial charge in [-0.15, -0.1) is 0 Å². The molecule has 0 unspecified atom stereocenters.